The van der Waals surface area contributed by atoms with Crippen molar-refractivity contribution in [2.24, 2.45) is 0 Å². The summed E-state index contributed by atoms with van der Waals surface area (Å²) in [6.45, 7) is 0. The van der Waals surface area contributed by atoms with Crippen LogP contribution in [0.3, 0.4) is 0 Å². The maximum Gasteiger partial charge on any atom is 0.164 e. The molecule has 0 amide bonds. The van der Waals surface area contributed by atoms with Crippen molar-refractivity contribution >= 4 is 32.3 Å². The zero-order valence-corrected chi connectivity index (χ0v) is 39.8. The van der Waals surface area contributed by atoms with Crippen LogP contribution in [0.5, 0.6) is 0 Å². The first-order valence-electron chi connectivity index (χ1n) is 25.0. The van der Waals surface area contributed by atoms with E-state index in [9.17, 15) is 0 Å². The van der Waals surface area contributed by atoms with Crippen LogP contribution in [0.4, 0.5) is 0 Å². The minimum Gasteiger partial charge on any atom is -0.208 e. The number of hydrogen-bond donors (Lipinski definition) is 0. The molecule has 0 atom stereocenters. The zero-order chi connectivity index (χ0) is 48.3. The summed E-state index contributed by atoms with van der Waals surface area (Å²) in [5, 5.41) is 7.54. The van der Waals surface area contributed by atoms with Gasteiger partial charge in [0.05, 0.1) is 5.41 Å². The van der Waals surface area contributed by atoms with Gasteiger partial charge in [0.15, 0.2) is 17.5 Å². The lowest BCUT2D eigenvalue weighted by Crippen LogP contribution is -2.28. The lowest BCUT2D eigenvalue weighted by molar-refractivity contribution is 0.768. The summed E-state index contributed by atoms with van der Waals surface area (Å²) < 4.78 is 0. The molecule has 0 spiro atoms. The van der Waals surface area contributed by atoms with E-state index >= 15 is 0 Å². The number of aromatic nitrogens is 3. The van der Waals surface area contributed by atoms with Crippen molar-refractivity contribution in [2.45, 2.75) is 5.41 Å². The molecule has 0 fully saturated rings. The Hall–Kier alpha value is -9.57. The van der Waals surface area contributed by atoms with Gasteiger partial charge in [-0.1, -0.05) is 267 Å². The second-order valence-electron chi connectivity index (χ2n) is 19.0. The molecule has 0 N–H and O–H groups in total. The Labute approximate surface area is 424 Å². The molecule has 3 nitrogen and oxygen atoms in total. The Morgan fingerprint density at radius 2 is 0.726 bits per heavy atom. The monoisotopic (exact) mass is 927 g/mol. The van der Waals surface area contributed by atoms with Gasteiger partial charge in [-0.05, 0) is 105 Å². The number of benzene rings is 12. The van der Waals surface area contributed by atoms with E-state index in [1.165, 1.54) is 71.3 Å². The molecule has 0 radical (unpaired) electrons. The van der Waals surface area contributed by atoms with Crippen molar-refractivity contribution in [1.29, 1.82) is 0 Å². The minimum atomic E-state index is -0.561. The molecule has 14 rings (SSSR count). The molecule has 0 saturated heterocycles. The third-order valence-corrected chi connectivity index (χ3v) is 15.0. The molecular formula is C70H45N3. The van der Waals surface area contributed by atoms with Gasteiger partial charge in [-0.25, -0.2) is 15.0 Å². The van der Waals surface area contributed by atoms with Crippen LogP contribution < -0.4 is 0 Å². The molecule has 0 bridgehead atoms. The van der Waals surface area contributed by atoms with Crippen LogP contribution in [-0.2, 0) is 5.41 Å². The number of rotatable bonds is 8. The Morgan fingerprint density at radius 3 is 1.42 bits per heavy atom. The van der Waals surface area contributed by atoms with Gasteiger partial charge in [0.1, 0.15) is 0 Å². The zero-order valence-electron chi connectivity index (χ0n) is 39.8. The molecule has 1 aliphatic carbocycles. The third kappa shape index (κ3) is 6.93. The van der Waals surface area contributed by atoms with E-state index in [2.05, 4.69) is 273 Å². The van der Waals surface area contributed by atoms with E-state index in [0.717, 1.165) is 44.5 Å². The quantitative estimate of drug-likeness (QED) is 0.113. The molecule has 1 heterocycles. The van der Waals surface area contributed by atoms with Crippen LogP contribution in [-0.4, -0.2) is 15.0 Å². The number of fused-ring (bicyclic) bond motifs is 7. The van der Waals surface area contributed by atoms with E-state index in [1.54, 1.807) is 0 Å². The second kappa shape index (κ2) is 17.4. The smallest absolute Gasteiger partial charge is 0.164 e. The molecular weight excluding hydrogens is 883 g/mol. The molecule has 73 heavy (non-hydrogen) atoms. The van der Waals surface area contributed by atoms with Crippen molar-refractivity contribution < 1.29 is 0 Å². The highest BCUT2D eigenvalue weighted by molar-refractivity contribution is 6.20. The second-order valence-corrected chi connectivity index (χ2v) is 19.0. The maximum absolute atomic E-state index is 5.46. The van der Waals surface area contributed by atoms with Gasteiger partial charge in [-0.2, -0.15) is 0 Å². The first-order chi connectivity index (χ1) is 36.2. The lowest BCUT2D eigenvalue weighted by atomic mass is 9.67. The number of hydrogen-bond acceptors (Lipinski definition) is 3. The van der Waals surface area contributed by atoms with Crippen LogP contribution in [0.2, 0.25) is 0 Å². The van der Waals surface area contributed by atoms with E-state index in [-0.39, 0.29) is 0 Å². The fourth-order valence-corrected chi connectivity index (χ4v) is 11.7. The van der Waals surface area contributed by atoms with Gasteiger partial charge >= 0.3 is 0 Å². The topological polar surface area (TPSA) is 38.7 Å². The van der Waals surface area contributed by atoms with Gasteiger partial charge in [0.2, 0.25) is 0 Å². The molecule has 13 aromatic rings. The van der Waals surface area contributed by atoms with Gasteiger partial charge in [0, 0.05) is 16.7 Å². The van der Waals surface area contributed by atoms with E-state index < -0.39 is 5.41 Å². The number of nitrogens with zero attached hydrogens (tertiary/aromatic N) is 3. The Kier molecular flexibility index (Phi) is 10.1. The first kappa shape index (κ1) is 42.3. The van der Waals surface area contributed by atoms with Crippen LogP contribution in [0.1, 0.15) is 22.3 Å². The molecule has 0 unspecified atom stereocenters. The molecule has 0 saturated carbocycles. The molecule has 12 aromatic carbocycles. The van der Waals surface area contributed by atoms with E-state index in [4.69, 9.17) is 15.0 Å². The molecule has 0 aliphatic heterocycles. The van der Waals surface area contributed by atoms with E-state index in [1.807, 2.05) is 0 Å². The largest absolute Gasteiger partial charge is 0.208 e. The highest BCUT2D eigenvalue weighted by Crippen LogP contribution is 2.58. The summed E-state index contributed by atoms with van der Waals surface area (Å²) in [5.41, 5.74) is 16.3. The lowest BCUT2D eigenvalue weighted by Gasteiger charge is -2.33. The summed E-state index contributed by atoms with van der Waals surface area (Å²) in [4.78, 5) is 16.2. The summed E-state index contributed by atoms with van der Waals surface area (Å²) in [6, 6.07) is 98.3. The predicted octanol–water partition coefficient (Wildman–Crippen LogP) is 17.7. The maximum atomic E-state index is 5.46. The third-order valence-electron chi connectivity index (χ3n) is 15.0. The van der Waals surface area contributed by atoms with Crippen LogP contribution in [0, 0.1) is 0 Å². The van der Waals surface area contributed by atoms with Gasteiger partial charge in [0.25, 0.3) is 0 Å². The SMILES string of the molecule is c1ccc(-c2ccccc2-c2nc(-c3ccc(-c4ccc(-c5c6ccccc6cc6c5ccc5ccccc56)cc4)cc3)nc(-c3cccc4c3-c3ccccc3C4(c3ccccc3)c3ccccc3)n2)cc1. The molecule has 340 valence electrons. The summed E-state index contributed by atoms with van der Waals surface area (Å²) >= 11 is 0. The van der Waals surface area contributed by atoms with Crippen molar-refractivity contribution in [2.75, 3.05) is 0 Å². The van der Waals surface area contributed by atoms with E-state index in [0.29, 0.717) is 17.5 Å². The summed E-state index contributed by atoms with van der Waals surface area (Å²) in [6.07, 6.45) is 0. The Morgan fingerprint density at radius 1 is 0.233 bits per heavy atom. The van der Waals surface area contributed by atoms with Gasteiger partial charge in [-0.3, -0.25) is 0 Å². The fourth-order valence-electron chi connectivity index (χ4n) is 11.7. The molecule has 1 aromatic heterocycles. The van der Waals surface area contributed by atoms with Crippen LogP contribution in [0.25, 0.3) is 111 Å². The predicted molar refractivity (Wildman–Crippen MR) is 302 cm³/mol. The summed E-state index contributed by atoms with van der Waals surface area (Å²) in [5.74, 6) is 1.86. The van der Waals surface area contributed by atoms with Crippen molar-refractivity contribution in [3.05, 3.63) is 295 Å². The van der Waals surface area contributed by atoms with Crippen molar-refractivity contribution in [3.63, 3.8) is 0 Å². The van der Waals surface area contributed by atoms with Crippen LogP contribution >= 0.6 is 0 Å². The Bertz CT molecular complexity index is 4180. The van der Waals surface area contributed by atoms with Gasteiger partial charge < -0.3 is 0 Å². The standard InChI is InChI=1S/C70H45N3/c1-4-19-48(20-5-1)55-27-14-15-30-59(55)68-71-67(72-69(73-68)61-32-18-34-64-66(61)60-31-16-17-33-63(60)70(64,53-23-6-2-7-24-53)54-25-8-3-9-26-54)51-41-37-47(38-42-51)46-35-39-50(40-36-46)65-57-29-13-11-22-52(57)45-62-56-28-12-10-21-49(56)43-44-58(62)65/h1-45H. The fraction of sp³-hybridized carbons (Fsp3) is 0.0143. The first-order valence-corrected chi connectivity index (χ1v) is 25.0. The average molecular weight is 928 g/mol. The van der Waals surface area contributed by atoms with Crippen molar-refractivity contribution in [1.82, 2.24) is 15.0 Å². The average Bonchev–Trinajstić information content (AvgIpc) is 3.80. The Balaban J connectivity index is 0.909. The van der Waals surface area contributed by atoms with Gasteiger partial charge in [-0.15, -0.1) is 0 Å². The minimum absolute atomic E-state index is 0.561. The van der Waals surface area contributed by atoms with Crippen LogP contribution in [0.15, 0.2) is 273 Å². The highest BCUT2D eigenvalue weighted by Gasteiger charge is 2.47. The highest BCUT2D eigenvalue weighted by atomic mass is 15.0. The molecule has 1 aliphatic rings. The van der Waals surface area contributed by atoms with Crippen molar-refractivity contribution in [3.8, 4) is 78.7 Å². The summed E-state index contributed by atoms with van der Waals surface area (Å²) in [7, 11) is 0. The molecule has 3 heteroatoms. The normalized spacial score (nSPS) is 12.5.